The van der Waals surface area contributed by atoms with Crippen LogP contribution >= 0.6 is 0 Å². The van der Waals surface area contributed by atoms with Gasteiger partial charge in [-0.25, -0.2) is 0 Å². The Morgan fingerprint density at radius 2 is 0.833 bits per heavy atom. The predicted molar refractivity (Wildman–Crippen MR) is 14.3 cm³/mol. The molecule has 0 heterocycles. The topological polar surface area (TPSA) is 80.1 Å². The van der Waals surface area contributed by atoms with Crippen molar-refractivity contribution in [2.24, 2.45) is 0 Å². The Balaban J connectivity index is -0.000000000833. The van der Waals surface area contributed by atoms with Crippen LogP contribution in [0.3, 0.4) is 0 Å². The van der Waals surface area contributed by atoms with Crippen LogP contribution in [-0.4, -0.2) is 17.7 Å². The molecule has 0 amide bonds. The summed E-state index contributed by atoms with van der Waals surface area (Å²) < 4.78 is 0. The van der Waals surface area contributed by atoms with Gasteiger partial charge < -0.3 is 15.7 Å². The van der Waals surface area contributed by atoms with Gasteiger partial charge in [-0.2, -0.15) is 0 Å². The van der Waals surface area contributed by atoms with Crippen molar-refractivity contribution in [3.8, 4) is 0 Å². The number of hydrogen-bond donors (Lipinski definition) is 0. The Morgan fingerprint density at radius 3 is 0.833 bits per heavy atom. The molecule has 0 atom stereocenters. The quantitative estimate of drug-likeness (QED) is 0.395. The molecule has 0 radical (unpaired) electrons. The van der Waals surface area contributed by atoms with E-state index in [1.165, 1.54) is 0 Å². The first-order valence-electron chi connectivity index (χ1n) is 0.289. The average Bonchev–Trinajstić information content (AvgIpc) is 1.00. The fourth-order valence-electron chi connectivity index (χ4n) is 0. The summed E-state index contributed by atoms with van der Waals surface area (Å²) in [6.45, 7) is 2.00. The molecule has 6 heavy (non-hydrogen) atoms. The summed E-state index contributed by atoms with van der Waals surface area (Å²) in [5.74, 6) is 0. The largest absolute Gasteiger partial charge is 0.412 e. The molecule has 0 bridgehead atoms. The zero-order valence-corrected chi connectivity index (χ0v) is 4.24. The molecule has 0 rings (SSSR count). The predicted octanol–water partition coefficient (Wildman–Crippen LogP) is -1.83. The summed E-state index contributed by atoms with van der Waals surface area (Å²) in [5.41, 5.74) is 0. The van der Waals surface area contributed by atoms with E-state index >= 15 is 0 Å². The fraction of sp³-hybridized carbons (Fsp3) is 0. The minimum atomic E-state index is 0. The number of carbonyl (C=O) groups is 1. The van der Waals surface area contributed by atoms with Gasteiger partial charge in [-0.1, -0.05) is 0 Å². The van der Waals surface area contributed by atoms with Gasteiger partial charge in [0.1, 0.15) is 6.79 Å². The summed E-state index contributed by atoms with van der Waals surface area (Å²) in [5, 5.41) is 0. The van der Waals surface area contributed by atoms with Crippen molar-refractivity contribution in [3.63, 3.8) is 0 Å². The Hall–Kier alpha value is 2.11. The maximum absolute atomic E-state index is 8.00. The summed E-state index contributed by atoms with van der Waals surface area (Å²) in [4.78, 5) is 8.00. The van der Waals surface area contributed by atoms with Crippen LogP contribution in [0.5, 0.6) is 0 Å². The van der Waals surface area contributed by atoms with Crippen molar-refractivity contribution in [2.75, 3.05) is 0 Å². The third kappa shape index (κ3) is 35.8. The van der Waals surface area contributed by atoms with Crippen LogP contribution in [0.4, 0.5) is 0 Å². The minimum Gasteiger partial charge on any atom is -0.412 e. The summed E-state index contributed by atoms with van der Waals surface area (Å²) in [6.07, 6.45) is 0. The van der Waals surface area contributed by atoms with Crippen LogP contribution < -0.4 is 0 Å². The molecule has 0 unspecified atom stereocenters. The molecular weight excluding hydrogens is 140 g/mol. The van der Waals surface area contributed by atoms with E-state index in [4.69, 9.17) is 4.79 Å². The van der Waals surface area contributed by atoms with E-state index in [2.05, 4.69) is 0 Å². The van der Waals surface area contributed by atoms with Crippen molar-refractivity contribution in [1.82, 2.24) is 0 Å². The second kappa shape index (κ2) is 59.6. The first-order chi connectivity index (χ1) is 1.00. The molecule has 0 fully saturated rings. The second-order valence-corrected chi connectivity index (χ2v) is 0. The standard InChI is InChI=1S/CH2O.2Ar.2H2O/c1-2;;;;/h1H2;;;2*1H2. The Bertz CT molecular complexity index is 8.75. The monoisotopic (exact) mass is 146 g/mol. The normalized spacial score (nSPS) is 0.667. The van der Waals surface area contributed by atoms with Gasteiger partial charge in [0.25, 0.3) is 0 Å². The van der Waals surface area contributed by atoms with E-state index in [1.807, 2.05) is 6.79 Å². The second-order valence-electron chi connectivity index (χ2n) is 0. The van der Waals surface area contributed by atoms with Gasteiger partial charge in [-0.05, 0) is 0 Å². The van der Waals surface area contributed by atoms with E-state index in [1.54, 1.807) is 0 Å². The molecule has 0 saturated carbocycles. The van der Waals surface area contributed by atoms with Crippen molar-refractivity contribution < 1.29 is 91.2 Å². The van der Waals surface area contributed by atoms with Crippen LogP contribution in [0.1, 0.15) is 0 Å². The van der Waals surface area contributed by atoms with Crippen molar-refractivity contribution >= 4 is 6.79 Å². The molecule has 0 spiro atoms. The molecule has 4 N–H and O–H groups in total. The molecule has 44 valence electrons. The third-order valence-corrected chi connectivity index (χ3v) is 0. The molecule has 3 nitrogen and oxygen atoms in total. The molecule has 5 heteroatoms. The van der Waals surface area contributed by atoms with Gasteiger partial charge in [-0.3, -0.25) is 0 Å². The van der Waals surface area contributed by atoms with Gasteiger partial charge in [0.05, 0.1) is 0 Å². The Labute approximate surface area is 96.1 Å². The van der Waals surface area contributed by atoms with Crippen LogP contribution in [0.2, 0.25) is 0 Å². The average molecular weight is 146 g/mol. The van der Waals surface area contributed by atoms with Gasteiger partial charge in [0, 0.05) is 75.5 Å². The molecule has 0 aliphatic carbocycles. The molecular formula is CH6Ar2O3. The molecule has 0 aromatic heterocycles. The zero-order valence-electron chi connectivity index (χ0n) is 2.82. The maximum Gasteiger partial charge on any atom is 0.106 e. The maximum atomic E-state index is 8.00. The van der Waals surface area contributed by atoms with E-state index < -0.39 is 0 Å². The first kappa shape index (κ1) is 42.4. The number of carbonyl (C=O) groups excluding carboxylic acids is 1. The Morgan fingerprint density at radius 1 is 0.833 bits per heavy atom. The van der Waals surface area contributed by atoms with Crippen LogP contribution in [0.15, 0.2) is 0 Å². The molecule has 0 aromatic rings. The third-order valence-electron chi connectivity index (χ3n) is 0. The van der Waals surface area contributed by atoms with Crippen molar-refractivity contribution in [3.05, 3.63) is 0 Å². The number of hydrogen-bond acceptors (Lipinski definition) is 1. The molecule has 0 aromatic carbocycles. The van der Waals surface area contributed by atoms with Gasteiger partial charge >= 0.3 is 0 Å². The van der Waals surface area contributed by atoms with Gasteiger partial charge in [0.15, 0.2) is 0 Å². The Kier molecular flexibility index (Phi) is 421. The van der Waals surface area contributed by atoms with Gasteiger partial charge in [0.2, 0.25) is 0 Å². The number of rotatable bonds is 0. The smallest absolute Gasteiger partial charge is 0.106 e. The van der Waals surface area contributed by atoms with Gasteiger partial charge in [-0.15, -0.1) is 0 Å². The molecule has 0 saturated heterocycles. The van der Waals surface area contributed by atoms with Crippen LogP contribution in [-0.2, 0) is 4.79 Å². The van der Waals surface area contributed by atoms with E-state index in [-0.39, 0.29) is 86.4 Å². The summed E-state index contributed by atoms with van der Waals surface area (Å²) >= 11 is 0. The zero-order chi connectivity index (χ0) is 2.00. The summed E-state index contributed by atoms with van der Waals surface area (Å²) in [6, 6.07) is 0. The van der Waals surface area contributed by atoms with E-state index in [0.29, 0.717) is 0 Å². The van der Waals surface area contributed by atoms with Crippen molar-refractivity contribution in [1.29, 1.82) is 0 Å². The fourth-order valence-corrected chi connectivity index (χ4v) is 0. The molecule has 0 aliphatic rings. The minimum absolute atomic E-state index is 0. The van der Waals surface area contributed by atoms with E-state index in [0.717, 1.165) is 0 Å². The molecule has 0 aliphatic heterocycles. The van der Waals surface area contributed by atoms with Crippen LogP contribution in [0, 0.1) is 75.5 Å². The van der Waals surface area contributed by atoms with E-state index in [9.17, 15) is 0 Å². The van der Waals surface area contributed by atoms with Crippen LogP contribution in [0.25, 0.3) is 0 Å². The van der Waals surface area contributed by atoms with Crippen molar-refractivity contribution in [2.45, 2.75) is 0 Å². The first-order valence-corrected chi connectivity index (χ1v) is 0.289. The summed E-state index contributed by atoms with van der Waals surface area (Å²) in [7, 11) is 0. The SMILES string of the molecule is C=O.O.O.[Ar].[Ar].